The molecule has 132 valence electrons. The number of nitrogens with two attached hydrogens (primary N) is 1. The van der Waals surface area contributed by atoms with Gasteiger partial charge in [0.25, 0.3) is 11.8 Å². The second-order valence-electron chi connectivity index (χ2n) is 6.96. The van der Waals surface area contributed by atoms with Crippen molar-refractivity contribution in [3.8, 4) is 0 Å². The molecule has 2 aromatic rings. The molecule has 0 bridgehead atoms. The first kappa shape index (κ1) is 17.6. The lowest BCUT2D eigenvalue weighted by Crippen LogP contribution is -2.53. The number of carbonyl (C=O) groups is 2. The molecule has 3 N–H and O–H groups in total. The summed E-state index contributed by atoms with van der Waals surface area (Å²) in [5, 5.41) is 4.64. The number of pyridine rings is 1. The number of thiophene rings is 1. The number of nitrogens with zero attached hydrogens (tertiary/aromatic N) is 2. The quantitative estimate of drug-likeness (QED) is 0.883. The SMILES string of the molecule is CC1(C)CN(C(=O)c2sccc2NC(=O)c2ccncc2)CCC1N. The van der Waals surface area contributed by atoms with Crippen LogP contribution in [0.3, 0.4) is 0 Å². The molecule has 1 saturated heterocycles. The molecule has 3 heterocycles. The van der Waals surface area contributed by atoms with Gasteiger partial charge in [0.2, 0.25) is 0 Å². The van der Waals surface area contributed by atoms with E-state index < -0.39 is 0 Å². The molecule has 0 saturated carbocycles. The number of likely N-dealkylation sites (tertiary alicyclic amines) is 1. The second-order valence-corrected chi connectivity index (χ2v) is 7.88. The average molecular weight is 358 g/mol. The van der Waals surface area contributed by atoms with Gasteiger partial charge in [-0.2, -0.15) is 0 Å². The van der Waals surface area contributed by atoms with Crippen LogP contribution >= 0.6 is 11.3 Å². The highest BCUT2D eigenvalue weighted by Crippen LogP contribution is 2.31. The molecule has 0 aliphatic carbocycles. The fourth-order valence-corrected chi connectivity index (χ4v) is 3.78. The largest absolute Gasteiger partial charge is 0.337 e. The zero-order valence-electron chi connectivity index (χ0n) is 14.4. The monoisotopic (exact) mass is 358 g/mol. The minimum atomic E-state index is -0.254. The maximum absolute atomic E-state index is 12.9. The first-order valence-electron chi connectivity index (χ1n) is 8.22. The van der Waals surface area contributed by atoms with E-state index in [0.29, 0.717) is 29.2 Å². The van der Waals surface area contributed by atoms with Crippen molar-refractivity contribution in [3.63, 3.8) is 0 Å². The molecule has 6 nitrogen and oxygen atoms in total. The van der Waals surface area contributed by atoms with Gasteiger partial charge in [-0.1, -0.05) is 13.8 Å². The van der Waals surface area contributed by atoms with Gasteiger partial charge in [-0.15, -0.1) is 11.3 Å². The number of piperidine rings is 1. The van der Waals surface area contributed by atoms with Crippen molar-refractivity contribution in [3.05, 3.63) is 46.4 Å². The van der Waals surface area contributed by atoms with Crippen LogP contribution in [-0.2, 0) is 0 Å². The Morgan fingerprint density at radius 3 is 2.72 bits per heavy atom. The topological polar surface area (TPSA) is 88.3 Å². The summed E-state index contributed by atoms with van der Waals surface area (Å²) in [6.07, 6.45) is 3.91. The van der Waals surface area contributed by atoms with Crippen molar-refractivity contribution in [2.24, 2.45) is 11.1 Å². The van der Waals surface area contributed by atoms with E-state index in [0.717, 1.165) is 6.42 Å². The zero-order chi connectivity index (χ0) is 18.0. The summed E-state index contributed by atoms with van der Waals surface area (Å²) in [6, 6.07) is 5.12. The maximum Gasteiger partial charge on any atom is 0.266 e. The Balaban J connectivity index is 1.75. The molecule has 7 heteroatoms. The van der Waals surface area contributed by atoms with E-state index in [1.807, 2.05) is 10.3 Å². The van der Waals surface area contributed by atoms with Crippen molar-refractivity contribution in [2.45, 2.75) is 26.3 Å². The molecule has 0 radical (unpaired) electrons. The third-order valence-electron chi connectivity index (χ3n) is 4.65. The summed E-state index contributed by atoms with van der Waals surface area (Å²) in [5.74, 6) is -0.309. The second kappa shape index (κ2) is 6.93. The van der Waals surface area contributed by atoms with E-state index in [9.17, 15) is 9.59 Å². The van der Waals surface area contributed by atoms with E-state index in [2.05, 4.69) is 24.1 Å². The highest BCUT2D eigenvalue weighted by molar-refractivity contribution is 7.12. The van der Waals surface area contributed by atoms with E-state index in [4.69, 9.17) is 5.73 Å². The zero-order valence-corrected chi connectivity index (χ0v) is 15.2. The summed E-state index contributed by atoms with van der Waals surface area (Å²) in [4.78, 5) is 31.5. The lowest BCUT2D eigenvalue weighted by atomic mass is 9.79. The lowest BCUT2D eigenvalue weighted by molar-refractivity contribution is 0.0538. The predicted molar refractivity (Wildman–Crippen MR) is 98.8 cm³/mol. The minimum absolute atomic E-state index is 0.0556. The summed E-state index contributed by atoms with van der Waals surface area (Å²) < 4.78 is 0. The van der Waals surface area contributed by atoms with Crippen LogP contribution in [0.25, 0.3) is 0 Å². The lowest BCUT2D eigenvalue weighted by Gasteiger charge is -2.42. The van der Waals surface area contributed by atoms with Crippen molar-refractivity contribution in [1.29, 1.82) is 0 Å². The van der Waals surface area contributed by atoms with Crippen LogP contribution < -0.4 is 11.1 Å². The normalized spacial score (nSPS) is 19.5. The molecule has 1 fully saturated rings. The molecular formula is C18H22N4O2S. The number of rotatable bonds is 3. The van der Waals surface area contributed by atoms with Gasteiger partial charge in [-0.25, -0.2) is 0 Å². The summed E-state index contributed by atoms with van der Waals surface area (Å²) >= 11 is 1.34. The average Bonchev–Trinajstić information content (AvgIpc) is 3.05. The third kappa shape index (κ3) is 3.72. The summed E-state index contributed by atoms with van der Waals surface area (Å²) in [5.41, 5.74) is 7.09. The third-order valence-corrected chi connectivity index (χ3v) is 5.55. The summed E-state index contributed by atoms with van der Waals surface area (Å²) in [6.45, 7) is 5.41. The van der Waals surface area contributed by atoms with Crippen LogP contribution in [0.4, 0.5) is 5.69 Å². The Labute approximate surface area is 151 Å². The number of anilines is 1. The molecule has 1 atom stereocenters. The van der Waals surface area contributed by atoms with Crippen molar-refractivity contribution in [2.75, 3.05) is 18.4 Å². The maximum atomic E-state index is 12.9. The Bertz CT molecular complexity index is 772. The molecule has 2 aromatic heterocycles. The molecule has 3 rings (SSSR count). The minimum Gasteiger partial charge on any atom is -0.337 e. The Kier molecular flexibility index (Phi) is 4.87. The molecular weight excluding hydrogens is 336 g/mol. The van der Waals surface area contributed by atoms with Gasteiger partial charge in [0, 0.05) is 37.1 Å². The van der Waals surface area contributed by atoms with Gasteiger partial charge in [-0.05, 0) is 35.4 Å². The van der Waals surface area contributed by atoms with Crippen LogP contribution in [-0.4, -0.2) is 40.8 Å². The highest BCUT2D eigenvalue weighted by Gasteiger charge is 2.36. The molecule has 25 heavy (non-hydrogen) atoms. The fourth-order valence-electron chi connectivity index (χ4n) is 2.96. The van der Waals surface area contributed by atoms with E-state index in [1.54, 1.807) is 30.6 Å². The number of hydrogen-bond donors (Lipinski definition) is 2. The van der Waals surface area contributed by atoms with Gasteiger partial charge in [0.15, 0.2) is 0 Å². The Morgan fingerprint density at radius 1 is 1.32 bits per heavy atom. The standard InChI is InChI=1S/C18H22N4O2S/c1-18(2)11-22(9-5-14(18)19)17(24)15-13(6-10-25-15)21-16(23)12-3-7-20-8-4-12/h3-4,6-8,10,14H,5,9,11,19H2,1-2H3,(H,21,23). The highest BCUT2D eigenvalue weighted by atomic mass is 32.1. The smallest absolute Gasteiger partial charge is 0.266 e. The van der Waals surface area contributed by atoms with E-state index >= 15 is 0 Å². The van der Waals surface area contributed by atoms with Gasteiger partial charge in [0.05, 0.1) is 5.69 Å². The van der Waals surface area contributed by atoms with Crippen LogP contribution in [0.5, 0.6) is 0 Å². The first-order chi connectivity index (χ1) is 11.9. The van der Waals surface area contributed by atoms with Crippen LogP contribution in [0.2, 0.25) is 0 Å². The number of nitrogens with one attached hydrogen (secondary N) is 1. The Hall–Kier alpha value is -2.25. The Morgan fingerprint density at radius 2 is 2.04 bits per heavy atom. The van der Waals surface area contributed by atoms with Gasteiger partial charge in [-0.3, -0.25) is 14.6 Å². The summed E-state index contributed by atoms with van der Waals surface area (Å²) in [7, 11) is 0. The van der Waals surface area contributed by atoms with Gasteiger partial charge < -0.3 is 16.0 Å². The van der Waals surface area contributed by atoms with Crippen LogP contribution in [0.15, 0.2) is 36.0 Å². The molecule has 0 spiro atoms. The van der Waals surface area contributed by atoms with E-state index in [-0.39, 0.29) is 23.3 Å². The van der Waals surface area contributed by atoms with Gasteiger partial charge >= 0.3 is 0 Å². The number of aromatic nitrogens is 1. The molecule has 2 amide bonds. The molecule has 0 aromatic carbocycles. The molecule has 1 aliphatic rings. The van der Waals surface area contributed by atoms with Gasteiger partial charge in [0.1, 0.15) is 4.88 Å². The number of carbonyl (C=O) groups excluding carboxylic acids is 2. The van der Waals surface area contributed by atoms with E-state index in [1.165, 1.54) is 11.3 Å². The predicted octanol–water partition coefficient (Wildman–Crippen LogP) is 2.59. The number of amides is 2. The van der Waals surface area contributed by atoms with Crippen molar-refractivity contribution < 1.29 is 9.59 Å². The fraction of sp³-hybridized carbons (Fsp3) is 0.389. The van der Waals surface area contributed by atoms with Crippen molar-refractivity contribution in [1.82, 2.24) is 9.88 Å². The number of hydrogen-bond acceptors (Lipinski definition) is 5. The van der Waals surface area contributed by atoms with Crippen LogP contribution in [0, 0.1) is 5.41 Å². The first-order valence-corrected chi connectivity index (χ1v) is 9.10. The molecule has 1 aliphatic heterocycles. The molecule has 1 unspecified atom stereocenters. The van der Waals surface area contributed by atoms with Crippen LogP contribution in [0.1, 0.15) is 40.3 Å². The van der Waals surface area contributed by atoms with Crippen molar-refractivity contribution >= 4 is 28.8 Å².